The highest BCUT2D eigenvalue weighted by molar-refractivity contribution is 7.99. The van der Waals surface area contributed by atoms with Crippen molar-refractivity contribution < 1.29 is 14.3 Å². The Balaban J connectivity index is 1.70. The third-order valence-electron chi connectivity index (χ3n) is 4.05. The van der Waals surface area contributed by atoms with E-state index < -0.39 is 5.97 Å². The predicted molar refractivity (Wildman–Crippen MR) is 113 cm³/mol. The highest BCUT2D eigenvalue weighted by atomic mass is 32.2. The van der Waals surface area contributed by atoms with E-state index in [4.69, 9.17) is 4.74 Å². The number of rotatable bonds is 8. The van der Waals surface area contributed by atoms with Gasteiger partial charge in [-0.1, -0.05) is 24.8 Å². The molecule has 0 unspecified atom stereocenters. The minimum absolute atomic E-state index is 0.139. The van der Waals surface area contributed by atoms with Crippen LogP contribution in [-0.4, -0.2) is 44.5 Å². The van der Waals surface area contributed by atoms with Crippen LogP contribution in [0, 0.1) is 0 Å². The molecular formula is C19H21N5O3S2. The number of hydrogen-bond donors (Lipinski definition) is 1. The molecule has 0 atom stereocenters. The third kappa shape index (κ3) is 4.83. The van der Waals surface area contributed by atoms with Crippen molar-refractivity contribution in [1.29, 1.82) is 0 Å². The largest absolute Gasteiger partial charge is 0.465 e. The lowest BCUT2D eigenvalue weighted by Gasteiger charge is -2.07. The van der Waals surface area contributed by atoms with Gasteiger partial charge in [0.1, 0.15) is 10.7 Å². The Kier molecular flexibility index (Phi) is 6.99. The maximum atomic E-state index is 12.5. The van der Waals surface area contributed by atoms with Gasteiger partial charge in [0.05, 0.1) is 18.4 Å². The molecule has 0 aromatic carbocycles. The molecule has 3 aromatic rings. The quantitative estimate of drug-likeness (QED) is 0.430. The van der Waals surface area contributed by atoms with Gasteiger partial charge < -0.3 is 14.6 Å². The van der Waals surface area contributed by atoms with E-state index in [0.717, 1.165) is 17.0 Å². The number of aromatic nitrogens is 4. The molecule has 0 aliphatic carbocycles. The Hall–Kier alpha value is -2.72. The van der Waals surface area contributed by atoms with Crippen LogP contribution in [0.3, 0.4) is 0 Å². The zero-order valence-electron chi connectivity index (χ0n) is 16.3. The molecule has 3 rings (SSSR count). The molecule has 0 fully saturated rings. The van der Waals surface area contributed by atoms with E-state index in [2.05, 4.69) is 20.5 Å². The number of amides is 1. The number of anilines is 1. The number of nitrogens with zero attached hydrogens (tertiary/aromatic N) is 4. The summed E-state index contributed by atoms with van der Waals surface area (Å²) in [6, 6.07) is 7.36. The van der Waals surface area contributed by atoms with Crippen LogP contribution in [0.2, 0.25) is 0 Å². The number of ether oxygens (including phenoxy) is 1. The monoisotopic (exact) mass is 431 g/mol. The molecule has 3 heterocycles. The average molecular weight is 432 g/mol. The smallest absolute Gasteiger partial charge is 0.340 e. The third-order valence-corrected chi connectivity index (χ3v) is 6.21. The fraction of sp³-hybridized carbons (Fsp3) is 0.316. The first-order valence-electron chi connectivity index (χ1n) is 9.05. The van der Waals surface area contributed by atoms with E-state index in [0.29, 0.717) is 28.1 Å². The number of esters is 1. The Labute approximate surface area is 176 Å². The zero-order valence-corrected chi connectivity index (χ0v) is 18.0. The Bertz CT molecular complexity index is 1000. The molecule has 0 spiro atoms. The average Bonchev–Trinajstić information content (AvgIpc) is 3.35. The molecule has 10 heteroatoms. The first-order valence-corrected chi connectivity index (χ1v) is 10.9. The standard InChI is InChI=1S/C19H21N5O3S2/c1-4-12-10-13(18(26)27-3)17(29-12)21-15(25)11-28-19-23-22-16(24(19)5-2)14-8-6-7-9-20-14/h6-10H,4-5,11H2,1-3H3,(H,21,25). The summed E-state index contributed by atoms with van der Waals surface area (Å²) >= 11 is 2.66. The molecule has 3 aromatic heterocycles. The normalized spacial score (nSPS) is 10.7. The molecule has 0 radical (unpaired) electrons. The second kappa shape index (κ2) is 9.66. The maximum absolute atomic E-state index is 12.5. The molecule has 152 valence electrons. The minimum atomic E-state index is -0.463. The highest BCUT2D eigenvalue weighted by Gasteiger charge is 2.19. The van der Waals surface area contributed by atoms with Crippen LogP contribution in [0.5, 0.6) is 0 Å². The van der Waals surface area contributed by atoms with Crippen LogP contribution in [0.25, 0.3) is 11.5 Å². The number of pyridine rings is 1. The van der Waals surface area contributed by atoms with Gasteiger partial charge in [-0.15, -0.1) is 21.5 Å². The summed E-state index contributed by atoms with van der Waals surface area (Å²) in [7, 11) is 1.32. The summed E-state index contributed by atoms with van der Waals surface area (Å²) in [5.74, 6) is 0.111. The van der Waals surface area contributed by atoms with Crippen molar-refractivity contribution in [3.63, 3.8) is 0 Å². The number of thiophene rings is 1. The molecular weight excluding hydrogens is 410 g/mol. The Morgan fingerprint density at radius 1 is 1.28 bits per heavy atom. The van der Waals surface area contributed by atoms with E-state index in [1.54, 1.807) is 12.3 Å². The van der Waals surface area contributed by atoms with Crippen LogP contribution < -0.4 is 5.32 Å². The van der Waals surface area contributed by atoms with Crippen LogP contribution in [0.4, 0.5) is 5.00 Å². The summed E-state index contributed by atoms with van der Waals surface area (Å²) in [6.07, 6.45) is 2.48. The predicted octanol–water partition coefficient (Wildman–Crippen LogP) is 3.50. The van der Waals surface area contributed by atoms with Gasteiger partial charge >= 0.3 is 5.97 Å². The lowest BCUT2D eigenvalue weighted by Crippen LogP contribution is -2.16. The summed E-state index contributed by atoms with van der Waals surface area (Å²) < 4.78 is 6.72. The number of carbonyl (C=O) groups is 2. The fourth-order valence-electron chi connectivity index (χ4n) is 2.63. The SMILES string of the molecule is CCc1cc(C(=O)OC)c(NC(=O)CSc2nnc(-c3ccccn3)n2CC)s1. The maximum Gasteiger partial charge on any atom is 0.340 e. The highest BCUT2D eigenvalue weighted by Crippen LogP contribution is 2.30. The molecule has 1 N–H and O–H groups in total. The summed E-state index contributed by atoms with van der Waals surface area (Å²) in [6.45, 7) is 4.63. The van der Waals surface area contributed by atoms with Gasteiger partial charge in [0.15, 0.2) is 11.0 Å². The number of carbonyl (C=O) groups excluding carboxylic acids is 2. The summed E-state index contributed by atoms with van der Waals surface area (Å²) in [4.78, 5) is 29.7. The minimum Gasteiger partial charge on any atom is -0.465 e. The number of hydrogen-bond acceptors (Lipinski definition) is 8. The number of nitrogens with one attached hydrogen (secondary N) is 1. The molecule has 0 saturated heterocycles. The van der Waals surface area contributed by atoms with E-state index in [9.17, 15) is 9.59 Å². The van der Waals surface area contributed by atoms with Gasteiger partial charge in [-0.3, -0.25) is 9.78 Å². The molecule has 0 saturated carbocycles. The zero-order chi connectivity index (χ0) is 20.8. The first-order chi connectivity index (χ1) is 14.1. The van der Waals surface area contributed by atoms with Crippen LogP contribution in [0.1, 0.15) is 29.1 Å². The van der Waals surface area contributed by atoms with E-state index >= 15 is 0 Å². The summed E-state index contributed by atoms with van der Waals surface area (Å²) in [5.41, 5.74) is 1.11. The Morgan fingerprint density at radius 3 is 2.76 bits per heavy atom. The van der Waals surface area contributed by atoms with Crippen molar-refractivity contribution >= 4 is 40.0 Å². The van der Waals surface area contributed by atoms with Crippen molar-refractivity contribution in [2.75, 3.05) is 18.2 Å². The van der Waals surface area contributed by atoms with Gasteiger partial charge in [0.2, 0.25) is 5.91 Å². The van der Waals surface area contributed by atoms with Crippen LogP contribution in [0.15, 0.2) is 35.6 Å². The number of thioether (sulfide) groups is 1. The second-order valence-corrected chi connectivity index (χ2v) is 7.98. The first kappa shape index (κ1) is 21.0. The van der Waals surface area contributed by atoms with Gasteiger partial charge in [-0.2, -0.15) is 0 Å². The fourth-order valence-corrected chi connectivity index (χ4v) is 4.43. The van der Waals surface area contributed by atoms with Crippen LogP contribution in [-0.2, 0) is 22.5 Å². The van der Waals surface area contributed by atoms with Crippen LogP contribution >= 0.6 is 23.1 Å². The lowest BCUT2D eigenvalue weighted by atomic mass is 10.2. The van der Waals surface area contributed by atoms with Gasteiger partial charge in [0, 0.05) is 17.6 Å². The molecule has 29 heavy (non-hydrogen) atoms. The van der Waals surface area contributed by atoms with Crippen molar-refractivity contribution in [1.82, 2.24) is 19.7 Å². The summed E-state index contributed by atoms with van der Waals surface area (Å²) in [5, 5.41) is 12.4. The van der Waals surface area contributed by atoms with Crippen molar-refractivity contribution in [3.8, 4) is 11.5 Å². The Morgan fingerprint density at radius 2 is 2.10 bits per heavy atom. The molecule has 0 aliphatic heterocycles. The topological polar surface area (TPSA) is 99.0 Å². The lowest BCUT2D eigenvalue weighted by molar-refractivity contribution is -0.113. The van der Waals surface area contributed by atoms with E-state index in [1.165, 1.54) is 30.2 Å². The van der Waals surface area contributed by atoms with Crippen molar-refractivity contribution in [2.24, 2.45) is 0 Å². The number of aryl methyl sites for hydroxylation is 1. The molecule has 0 aliphatic rings. The van der Waals surface area contributed by atoms with Crippen molar-refractivity contribution in [3.05, 3.63) is 40.9 Å². The van der Waals surface area contributed by atoms with Gasteiger partial charge in [0.25, 0.3) is 0 Å². The van der Waals surface area contributed by atoms with Gasteiger partial charge in [-0.05, 0) is 31.5 Å². The van der Waals surface area contributed by atoms with E-state index in [-0.39, 0.29) is 11.7 Å². The number of methoxy groups -OCH3 is 1. The molecule has 8 nitrogen and oxygen atoms in total. The molecule has 0 bridgehead atoms. The van der Waals surface area contributed by atoms with E-state index in [1.807, 2.05) is 36.6 Å². The second-order valence-electron chi connectivity index (χ2n) is 5.90. The van der Waals surface area contributed by atoms with Gasteiger partial charge in [-0.25, -0.2) is 4.79 Å². The van der Waals surface area contributed by atoms with Crippen molar-refractivity contribution in [2.45, 2.75) is 32.0 Å². The molecule has 1 amide bonds.